The molecule has 1 saturated carbocycles. The van der Waals surface area contributed by atoms with Gasteiger partial charge in [0.25, 0.3) is 10.0 Å². The number of rotatable bonds is 10. The maximum Gasteiger partial charge on any atom is 0.264 e. The van der Waals surface area contributed by atoms with Crippen molar-refractivity contribution in [2.75, 3.05) is 10.8 Å². The van der Waals surface area contributed by atoms with E-state index in [1.165, 1.54) is 17.0 Å². The van der Waals surface area contributed by atoms with Crippen LogP contribution in [0.4, 0.5) is 5.69 Å². The molecule has 1 aliphatic carbocycles. The molecule has 4 rings (SSSR count). The van der Waals surface area contributed by atoms with E-state index < -0.39 is 28.5 Å². The first kappa shape index (κ1) is 29.3. The molecule has 3 aromatic rings. The fraction of sp³-hybridized carbons (Fsp3) is 0.310. The Morgan fingerprint density at radius 3 is 2.21 bits per heavy atom. The van der Waals surface area contributed by atoms with Crippen LogP contribution in [0.3, 0.4) is 0 Å². The third kappa shape index (κ3) is 7.49. The molecule has 0 aliphatic heterocycles. The number of hydrogen-bond donors (Lipinski definition) is 1. The summed E-state index contributed by atoms with van der Waals surface area (Å²) in [5, 5.41) is 3.08. The number of carbonyl (C=O) groups is 2. The Balaban J connectivity index is 1.68. The van der Waals surface area contributed by atoms with Crippen LogP contribution >= 0.6 is 31.9 Å². The van der Waals surface area contributed by atoms with Crippen molar-refractivity contribution >= 4 is 59.4 Å². The Morgan fingerprint density at radius 2 is 1.56 bits per heavy atom. The number of benzene rings is 3. The van der Waals surface area contributed by atoms with Gasteiger partial charge in [-0.2, -0.15) is 0 Å². The quantitative estimate of drug-likeness (QED) is 0.291. The molecular formula is C29H31Br2N3O4S. The van der Waals surface area contributed by atoms with Gasteiger partial charge >= 0.3 is 0 Å². The van der Waals surface area contributed by atoms with E-state index in [1.807, 2.05) is 24.3 Å². The maximum atomic E-state index is 14.0. The fourth-order valence-corrected chi connectivity index (χ4v) is 6.95. The van der Waals surface area contributed by atoms with Gasteiger partial charge in [0.05, 0.1) is 10.6 Å². The van der Waals surface area contributed by atoms with E-state index in [1.54, 1.807) is 49.4 Å². The summed E-state index contributed by atoms with van der Waals surface area (Å²) in [5.74, 6) is -0.728. The second kappa shape index (κ2) is 13.1. The lowest BCUT2D eigenvalue weighted by atomic mass is 10.1. The van der Waals surface area contributed by atoms with Crippen LogP contribution in [0.1, 0.15) is 38.2 Å². The Kier molecular flexibility index (Phi) is 9.85. The zero-order valence-electron chi connectivity index (χ0n) is 21.6. The van der Waals surface area contributed by atoms with E-state index in [-0.39, 0.29) is 23.4 Å². The van der Waals surface area contributed by atoms with Crippen LogP contribution in [0.25, 0.3) is 0 Å². The average Bonchev–Trinajstić information content (AvgIpc) is 3.43. The van der Waals surface area contributed by atoms with Gasteiger partial charge in [-0.3, -0.25) is 13.9 Å². The van der Waals surface area contributed by atoms with Gasteiger partial charge in [-0.05, 0) is 67.8 Å². The third-order valence-corrected chi connectivity index (χ3v) is 9.59. The maximum absolute atomic E-state index is 14.0. The molecule has 0 aromatic heterocycles. The summed E-state index contributed by atoms with van der Waals surface area (Å²) in [5.41, 5.74) is 1.16. The van der Waals surface area contributed by atoms with E-state index in [0.717, 1.165) is 40.0 Å². The van der Waals surface area contributed by atoms with E-state index in [0.29, 0.717) is 10.2 Å². The molecule has 1 N–H and O–H groups in total. The van der Waals surface area contributed by atoms with Gasteiger partial charge in [0.2, 0.25) is 11.8 Å². The first-order valence-electron chi connectivity index (χ1n) is 12.8. The molecule has 10 heteroatoms. The Morgan fingerprint density at radius 1 is 0.923 bits per heavy atom. The van der Waals surface area contributed by atoms with Gasteiger partial charge in [-0.1, -0.05) is 81.1 Å². The zero-order chi connectivity index (χ0) is 28.0. The van der Waals surface area contributed by atoms with Crippen molar-refractivity contribution in [3.63, 3.8) is 0 Å². The van der Waals surface area contributed by atoms with Crippen molar-refractivity contribution < 1.29 is 18.0 Å². The number of nitrogens with one attached hydrogen (secondary N) is 1. The van der Waals surface area contributed by atoms with E-state index in [4.69, 9.17) is 0 Å². The summed E-state index contributed by atoms with van der Waals surface area (Å²) in [6.45, 7) is 1.37. The molecule has 0 bridgehead atoms. The van der Waals surface area contributed by atoms with Crippen molar-refractivity contribution in [2.24, 2.45) is 0 Å². The van der Waals surface area contributed by atoms with Gasteiger partial charge in [0, 0.05) is 21.5 Å². The highest BCUT2D eigenvalue weighted by Crippen LogP contribution is 2.27. The predicted octanol–water partition coefficient (Wildman–Crippen LogP) is 5.88. The molecule has 3 aromatic carbocycles. The predicted molar refractivity (Wildman–Crippen MR) is 160 cm³/mol. The molecule has 206 valence electrons. The van der Waals surface area contributed by atoms with Gasteiger partial charge < -0.3 is 10.2 Å². The van der Waals surface area contributed by atoms with Crippen LogP contribution in [0.5, 0.6) is 0 Å². The molecule has 7 nitrogen and oxygen atoms in total. The normalized spacial score (nSPS) is 14.5. The molecule has 1 aliphatic rings. The van der Waals surface area contributed by atoms with Crippen LogP contribution in [0.15, 0.2) is 92.7 Å². The summed E-state index contributed by atoms with van der Waals surface area (Å²) in [6.07, 6.45) is 3.98. The molecule has 0 saturated heterocycles. The Hall–Kier alpha value is -2.69. The smallest absolute Gasteiger partial charge is 0.264 e. The topological polar surface area (TPSA) is 86.8 Å². The van der Waals surface area contributed by atoms with Crippen molar-refractivity contribution in [1.29, 1.82) is 0 Å². The lowest BCUT2D eigenvalue weighted by Crippen LogP contribution is -2.52. The second-order valence-electron chi connectivity index (χ2n) is 9.62. The molecule has 0 spiro atoms. The lowest BCUT2D eigenvalue weighted by Gasteiger charge is -2.32. The summed E-state index contributed by atoms with van der Waals surface area (Å²) >= 11 is 6.88. The number of nitrogens with zero attached hydrogens (tertiary/aromatic N) is 2. The zero-order valence-corrected chi connectivity index (χ0v) is 25.6. The Labute approximate surface area is 246 Å². The van der Waals surface area contributed by atoms with E-state index in [9.17, 15) is 18.0 Å². The van der Waals surface area contributed by atoms with Gasteiger partial charge in [-0.25, -0.2) is 8.42 Å². The Bertz CT molecular complexity index is 1410. The summed E-state index contributed by atoms with van der Waals surface area (Å²) in [4.78, 5) is 28.8. The highest BCUT2D eigenvalue weighted by molar-refractivity contribution is 9.10. The molecule has 1 atom stereocenters. The summed E-state index contributed by atoms with van der Waals surface area (Å²) < 4.78 is 30.2. The standard InChI is InChI=1S/C29H31Br2N3O4S/c1-21(29(36)32-25-12-5-6-13-25)33(19-22-9-7-10-23(30)17-22)28(35)20-34(26-14-8-11-24(31)18-26)39(37,38)27-15-3-2-4-16-27/h2-4,7-11,14-18,21,25H,5-6,12-13,19-20H2,1H3,(H,32,36). The van der Waals surface area contributed by atoms with E-state index >= 15 is 0 Å². The average molecular weight is 677 g/mol. The van der Waals surface area contributed by atoms with Gasteiger partial charge in [0.1, 0.15) is 12.6 Å². The van der Waals surface area contributed by atoms with E-state index in [2.05, 4.69) is 37.2 Å². The molecular weight excluding hydrogens is 646 g/mol. The fourth-order valence-electron chi connectivity index (χ4n) is 4.69. The highest BCUT2D eigenvalue weighted by Gasteiger charge is 2.33. The molecule has 0 radical (unpaired) electrons. The SMILES string of the molecule is CC(C(=O)NC1CCCC1)N(Cc1cccc(Br)c1)C(=O)CN(c1cccc(Br)c1)S(=O)(=O)c1ccccc1. The minimum absolute atomic E-state index is 0.0725. The number of halogens is 2. The number of sulfonamides is 1. The van der Waals surface area contributed by atoms with Crippen molar-refractivity contribution in [3.05, 3.63) is 93.4 Å². The number of anilines is 1. The number of amides is 2. The minimum Gasteiger partial charge on any atom is -0.352 e. The first-order chi connectivity index (χ1) is 18.6. The van der Waals surface area contributed by atoms with Crippen molar-refractivity contribution in [1.82, 2.24) is 10.2 Å². The largest absolute Gasteiger partial charge is 0.352 e. The number of carbonyl (C=O) groups excluding carboxylic acids is 2. The van der Waals surface area contributed by atoms with Crippen LogP contribution in [0.2, 0.25) is 0 Å². The molecule has 39 heavy (non-hydrogen) atoms. The summed E-state index contributed by atoms with van der Waals surface area (Å²) in [7, 11) is -4.09. The molecule has 2 amide bonds. The van der Waals surface area contributed by atoms with Gasteiger partial charge in [-0.15, -0.1) is 0 Å². The van der Waals surface area contributed by atoms with Crippen molar-refractivity contribution in [2.45, 2.75) is 56.1 Å². The molecule has 1 unspecified atom stereocenters. The highest BCUT2D eigenvalue weighted by atomic mass is 79.9. The lowest BCUT2D eigenvalue weighted by molar-refractivity contribution is -0.139. The minimum atomic E-state index is -4.09. The number of hydrogen-bond acceptors (Lipinski definition) is 4. The molecule has 0 heterocycles. The first-order valence-corrected chi connectivity index (χ1v) is 15.9. The summed E-state index contributed by atoms with van der Waals surface area (Å²) in [6, 6.07) is 21.6. The van der Waals surface area contributed by atoms with Crippen LogP contribution in [-0.2, 0) is 26.2 Å². The monoisotopic (exact) mass is 675 g/mol. The van der Waals surface area contributed by atoms with Crippen molar-refractivity contribution in [3.8, 4) is 0 Å². The second-order valence-corrected chi connectivity index (χ2v) is 13.3. The van der Waals surface area contributed by atoms with Gasteiger partial charge in [0.15, 0.2) is 0 Å². The van der Waals surface area contributed by atoms with Crippen LogP contribution < -0.4 is 9.62 Å². The van der Waals surface area contributed by atoms with Crippen LogP contribution in [0, 0.1) is 0 Å². The van der Waals surface area contributed by atoms with Crippen LogP contribution in [-0.4, -0.2) is 43.8 Å². The third-order valence-electron chi connectivity index (χ3n) is 6.82. The molecule has 1 fully saturated rings.